The van der Waals surface area contributed by atoms with Gasteiger partial charge < -0.3 is 39.9 Å². The molecule has 2 aliphatic rings. The Morgan fingerprint density at radius 2 is 2.00 bits per heavy atom. The Kier molecular flexibility index (Phi) is 10.4. The maximum atomic E-state index is 13.4. The summed E-state index contributed by atoms with van der Waals surface area (Å²) in [7, 11) is 4.01. The lowest BCUT2D eigenvalue weighted by molar-refractivity contribution is -0.190. The van der Waals surface area contributed by atoms with E-state index in [2.05, 4.69) is 15.2 Å². The first-order chi connectivity index (χ1) is 19.9. The van der Waals surface area contributed by atoms with Crippen molar-refractivity contribution in [2.24, 2.45) is 0 Å². The number of carbonyl (C=O) groups excluding carboxylic acids is 1. The van der Waals surface area contributed by atoms with Crippen LogP contribution in [-0.4, -0.2) is 139 Å². The van der Waals surface area contributed by atoms with Crippen LogP contribution in [0.4, 0.5) is 24.9 Å². The van der Waals surface area contributed by atoms with Crippen molar-refractivity contribution < 1.29 is 33.3 Å². The summed E-state index contributed by atoms with van der Waals surface area (Å²) >= 11 is 1.65. The normalized spacial score (nSPS) is 25.5. The van der Waals surface area contributed by atoms with E-state index in [0.717, 1.165) is 12.2 Å². The molecule has 4 rings (SSSR count). The lowest BCUT2D eigenvalue weighted by Crippen LogP contribution is -2.51. The molecule has 42 heavy (non-hydrogen) atoms. The number of fused-ring (bicyclic) bond motifs is 1. The van der Waals surface area contributed by atoms with Crippen LogP contribution in [0.15, 0.2) is 6.33 Å². The molecule has 1 saturated heterocycles. The zero-order valence-corrected chi connectivity index (χ0v) is 25.1. The van der Waals surface area contributed by atoms with Crippen LogP contribution in [0.25, 0.3) is 11.2 Å². The molecular weight excluding hydrogens is 577 g/mol. The van der Waals surface area contributed by atoms with Gasteiger partial charge in [-0.15, -0.1) is 0 Å². The van der Waals surface area contributed by atoms with Gasteiger partial charge in [-0.2, -0.15) is 34.9 Å². The number of halogens is 3. The molecular formula is C26H41F3N8O4S. The first-order valence-electron chi connectivity index (χ1n) is 14.2. The Morgan fingerprint density at radius 1 is 1.26 bits per heavy atom. The lowest BCUT2D eigenvalue weighted by atomic mass is 10.1. The third-order valence-electron chi connectivity index (χ3n) is 8.16. The first kappa shape index (κ1) is 32.5. The smallest absolute Gasteiger partial charge is 0.394 e. The van der Waals surface area contributed by atoms with Gasteiger partial charge >= 0.3 is 12.1 Å². The van der Waals surface area contributed by atoms with E-state index in [4.69, 9.17) is 9.97 Å². The molecule has 0 radical (unpaired) electrons. The van der Waals surface area contributed by atoms with E-state index in [0.29, 0.717) is 53.4 Å². The largest absolute Gasteiger partial charge is 0.471 e. The number of hydrogen-bond donors (Lipinski definition) is 4. The van der Waals surface area contributed by atoms with Gasteiger partial charge in [-0.25, -0.2) is 4.98 Å². The van der Waals surface area contributed by atoms with Crippen LogP contribution in [0, 0.1) is 0 Å². The number of amides is 1. The van der Waals surface area contributed by atoms with E-state index in [1.54, 1.807) is 23.3 Å². The molecule has 0 aromatic carbocycles. The maximum absolute atomic E-state index is 13.4. The van der Waals surface area contributed by atoms with E-state index < -0.39 is 36.4 Å². The van der Waals surface area contributed by atoms with E-state index in [1.807, 2.05) is 25.3 Å². The molecule has 2 aromatic heterocycles. The number of likely N-dealkylation sites (N-methyl/N-ethyl adjacent to an activating group) is 1. The molecule has 6 atom stereocenters. The number of carbonyl (C=O) groups is 1. The van der Waals surface area contributed by atoms with Gasteiger partial charge in [0.05, 0.1) is 31.1 Å². The van der Waals surface area contributed by atoms with Gasteiger partial charge in [-0.05, 0) is 51.8 Å². The summed E-state index contributed by atoms with van der Waals surface area (Å²) in [6.45, 7) is 2.67. The van der Waals surface area contributed by atoms with Crippen LogP contribution in [0.3, 0.4) is 0 Å². The number of imidazole rings is 1. The molecule has 12 nitrogen and oxygen atoms in total. The van der Waals surface area contributed by atoms with Crippen molar-refractivity contribution in [1.82, 2.24) is 29.3 Å². The Labute approximate surface area is 247 Å². The SMILES string of the molecule is CCCN(C(=O)C(F)(F)F)[C@H]1C[C@@H](n2cnc3c(N[C@H](CO)CCSC)nc(N4CC[C@@H](N(C)C)C4)nc32)[C@H](O)[C@@H]1O. The second kappa shape index (κ2) is 13.5. The zero-order valence-electron chi connectivity index (χ0n) is 24.3. The van der Waals surface area contributed by atoms with Crippen LogP contribution in [0.5, 0.6) is 0 Å². The molecule has 236 valence electrons. The highest BCUT2D eigenvalue weighted by Gasteiger charge is 2.51. The number of nitrogens with one attached hydrogen (secondary N) is 1. The third-order valence-corrected chi connectivity index (χ3v) is 8.81. The third kappa shape index (κ3) is 6.72. The number of aliphatic hydroxyl groups is 3. The Hall–Kier alpha value is -2.40. The molecule has 1 aliphatic heterocycles. The number of thioether (sulfide) groups is 1. The van der Waals surface area contributed by atoms with E-state index in [-0.39, 0.29) is 32.0 Å². The number of rotatable bonds is 12. The van der Waals surface area contributed by atoms with Crippen molar-refractivity contribution in [3.8, 4) is 0 Å². The topological polar surface area (TPSA) is 143 Å². The summed E-state index contributed by atoms with van der Waals surface area (Å²) in [6.07, 6.45) is -3.09. The molecule has 0 unspecified atom stereocenters. The molecule has 3 heterocycles. The highest BCUT2D eigenvalue weighted by molar-refractivity contribution is 7.98. The van der Waals surface area contributed by atoms with Crippen molar-refractivity contribution in [1.29, 1.82) is 0 Å². The number of aliphatic hydroxyl groups excluding tert-OH is 3. The van der Waals surface area contributed by atoms with Crippen LogP contribution in [0.2, 0.25) is 0 Å². The molecule has 1 saturated carbocycles. The number of aromatic nitrogens is 4. The van der Waals surface area contributed by atoms with Gasteiger partial charge in [0.1, 0.15) is 12.2 Å². The van der Waals surface area contributed by atoms with E-state index in [1.165, 1.54) is 6.33 Å². The van der Waals surface area contributed by atoms with Crippen LogP contribution in [-0.2, 0) is 4.79 Å². The maximum Gasteiger partial charge on any atom is 0.471 e. The summed E-state index contributed by atoms with van der Waals surface area (Å²) in [5, 5.41) is 35.2. The number of hydrogen-bond acceptors (Lipinski definition) is 11. The Balaban J connectivity index is 1.73. The van der Waals surface area contributed by atoms with Gasteiger partial charge in [0.2, 0.25) is 5.95 Å². The molecule has 2 fully saturated rings. The summed E-state index contributed by atoms with van der Waals surface area (Å²) in [4.78, 5) is 31.1. The van der Waals surface area contributed by atoms with E-state index >= 15 is 0 Å². The summed E-state index contributed by atoms with van der Waals surface area (Å²) in [6, 6.07) is -2.16. The summed E-state index contributed by atoms with van der Waals surface area (Å²) < 4.78 is 41.8. The van der Waals surface area contributed by atoms with Crippen molar-refractivity contribution in [3.05, 3.63) is 6.33 Å². The van der Waals surface area contributed by atoms with Gasteiger partial charge in [-0.3, -0.25) is 4.79 Å². The highest BCUT2D eigenvalue weighted by Crippen LogP contribution is 2.38. The standard InChI is InChI=1S/C26H41F3N8O4S/c1-5-8-36(24(41)26(27,28)29)17-11-18(21(40)20(17)39)37-14-30-19-22(31-15(13-38)7-10-42-4)32-25(33-23(19)37)35-9-6-16(12-35)34(2)3/h14-18,20-21,38-40H,5-13H2,1-4H3,(H,31,32,33)/t15-,16+,17-,18+,20+,21-/m0/s1. The van der Waals surface area contributed by atoms with Gasteiger partial charge in [-0.1, -0.05) is 6.92 Å². The second-order valence-electron chi connectivity index (χ2n) is 11.2. The summed E-state index contributed by atoms with van der Waals surface area (Å²) in [5.74, 6) is -0.422. The molecule has 0 bridgehead atoms. The fraction of sp³-hybridized carbons (Fsp3) is 0.769. The zero-order chi connectivity index (χ0) is 30.8. The summed E-state index contributed by atoms with van der Waals surface area (Å²) in [5.41, 5.74) is 0.699. The van der Waals surface area contributed by atoms with Gasteiger partial charge in [0, 0.05) is 25.7 Å². The second-order valence-corrected chi connectivity index (χ2v) is 12.2. The molecule has 16 heteroatoms. The monoisotopic (exact) mass is 618 g/mol. The number of anilines is 2. The predicted octanol–water partition coefficient (Wildman–Crippen LogP) is 1.33. The Morgan fingerprint density at radius 3 is 2.60 bits per heavy atom. The van der Waals surface area contributed by atoms with Crippen molar-refractivity contribution in [3.63, 3.8) is 0 Å². The molecule has 1 aliphatic carbocycles. The minimum atomic E-state index is -5.11. The molecule has 4 N–H and O–H groups in total. The Bertz CT molecular complexity index is 1220. The molecule has 1 amide bonds. The fourth-order valence-corrected chi connectivity index (χ4v) is 6.31. The van der Waals surface area contributed by atoms with Crippen molar-refractivity contribution in [2.45, 2.75) is 75.2 Å². The minimum Gasteiger partial charge on any atom is -0.394 e. The molecule has 2 aromatic rings. The van der Waals surface area contributed by atoms with Crippen LogP contribution < -0.4 is 10.2 Å². The minimum absolute atomic E-state index is 0.128. The predicted molar refractivity (Wildman–Crippen MR) is 155 cm³/mol. The van der Waals surface area contributed by atoms with Crippen LogP contribution in [0.1, 0.15) is 38.6 Å². The van der Waals surface area contributed by atoms with E-state index in [9.17, 15) is 33.3 Å². The van der Waals surface area contributed by atoms with Crippen LogP contribution >= 0.6 is 11.8 Å². The van der Waals surface area contributed by atoms with Gasteiger partial charge in [0.25, 0.3) is 0 Å². The number of nitrogens with zero attached hydrogens (tertiary/aromatic N) is 7. The quantitative estimate of drug-likeness (QED) is 0.274. The average molecular weight is 619 g/mol. The van der Waals surface area contributed by atoms with Crippen molar-refractivity contribution in [2.75, 3.05) is 62.6 Å². The van der Waals surface area contributed by atoms with Crippen molar-refractivity contribution >= 4 is 40.6 Å². The highest BCUT2D eigenvalue weighted by atomic mass is 32.2. The average Bonchev–Trinajstić information content (AvgIpc) is 3.67. The van der Waals surface area contributed by atoms with Gasteiger partial charge in [0.15, 0.2) is 17.0 Å². The molecule has 0 spiro atoms. The number of alkyl halides is 3. The first-order valence-corrected chi connectivity index (χ1v) is 15.6. The lowest BCUT2D eigenvalue weighted by Gasteiger charge is -2.31. The fourth-order valence-electron chi connectivity index (χ4n) is 5.79.